The van der Waals surface area contributed by atoms with Gasteiger partial charge < -0.3 is 9.64 Å². The molecule has 3 rings (SSSR count). The van der Waals surface area contributed by atoms with E-state index in [1.54, 1.807) is 31.4 Å². The van der Waals surface area contributed by atoms with E-state index in [0.29, 0.717) is 17.8 Å². The van der Waals surface area contributed by atoms with Crippen molar-refractivity contribution in [3.05, 3.63) is 71.1 Å². The standard InChI is InChI=1S/C22H21ClFN3O3/c1-27(20(28)10-9-15-7-4-8-18(24)21(15)23)11-12-30-22(29)26-19-13-16-5-2-3-6-17(16)14-25-19/h2-8,13-14H,9-12H2,1H3,(H,25,26,29). The van der Waals surface area contributed by atoms with Gasteiger partial charge in [0.2, 0.25) is 5.91 Å². The number of aryl methyl sites for hydroxylation is 1. The third-order valence-electron chi connectivity index (χ3n) is 4.59. The number of hydrogen-bond donors (Lipinski definition) is 1. The number of benzene rings is 2. The molecule has 0 radical (unpaired) electrons. The van der Waals surface area contributed by atoms with Crippen LogP contribution in [0.2, 0.25) is 5.02 Å². The topological polar surface area (TPSA) is 71.5 Å². The number of amides is 2. The fourth-order valence-corrected chi connectivity index (χ4v) is 3.09. The Balaban J connectivity index is 1.41. The smallest absolute Gasteiger partial charge is 0.412 e. The van der Waals surface area contributed by atoms with Gasteiger partial charge in [-0.1, -0.05) is 48.0 Å². The SMILES string of the molecule is CN(CCOC(=O)Nc1cc2ccccc2cn1)C(=O)CCc1cccc(F)c1Cl. The normalized spacial score (nSPS) is 10.6. The lowest BCUT2D eigenvalue weighted by Gasteiger charge is -2.17. The molecule has 0 aliphatic heterocycles. The number of likely N-dealkylation sites (N-methyl/N-ethyl adjacent to an activating group) is 1. The maximum Gasteiger partial charge on any atom is 0.412 e. The van der Waals surface area contributed by atoms with Gasteiger partial charge in [0.05, 0.1) is 11.6 Å². The average Bonchev–Trinajstić information content (AvgIpc) is 2.74. The Hall–Kier alpha value is -3.19. The predicted octanol–water partition coefficient (Wildman–Crippen LogP) is 4.67. The second-order valence-electron chi connectivity index (χ2n) is 6.71. The number of aromatic nitrogens is 1. The Kier molecular flexibility index (Phi) is 7.19. The number of rotatable bonds is 7. The van der Waals surface area contributed by atoms with E-state index in [4.69, 9.17) is 16.3 Å². The van der Waals surface area contributed by atoms with Crippen molar-refractivity contribution in [2.24, 2.45) is 0 Å². The fraction of sp³-hybridized carbons (Fsp3) is 0.227. The molecule has 2 aromatic carbocycles. The molecule has 3 aromatic rings. The van der Waals surface area contributed by atoms with Crippen LogP contribution < -0.4 is 5.32 Å². The van der Waals surface area contributed by atoms with E-state index in [2.05, 4.69) is 10.3 Å². The molecule has 30 heavy (non-hydrogen) atoms. The number of carbonyl (C=O) groups is 2. The van der Waals surface area contributed by atoms with Crippen molar-refractivity contribution < 1.29 is 18.7 Å². The Morgan fingerprint density at radius 1 is 1.17 bits per heavy atom. The Labute approximate surface area is 178 Å². The van der Waals surface area contributed by atoms with Gasteiger partial charge in [-0.3, -0.25) is 10.1 Å². The van der Waals surface area contributed by atoms with Crippen LogP contribution in [0.1, 0.15) is 12.0 Å². The van der Waals surface area contributed by atoms with E-state index in [1.165, 1.54) is 11.0 Å². The minimum Gasteiger partial charge on any atom is -0.447 e. The van der Waals surface area contributed by atoms with Gasteiger partial charge in [-0.15, -0.1) is 0 Å². The fourth-order valence-electron chi connectivity index (χ4n) is 2.87. The number of fused-ring (bicyclic) bond motifs is 1. The summed E-state index contributed by atoms with van der Waals surface area (Å²) in [5.41, 5.74) is 0.580. The van der Waals surface area contributed by atoms with Crippen molar-refractivity contribution in [2.75, 3.05) is 25.5 Å². The van der Waals surface area contributed by atoms with Crippen molar-refractivity contribution >= 4 is 40.2 Å². The highest BCUT2D eigenvalue weighted by Gasteiger charge is 2.13. The highest BCUT2D eigenvalue weighted by Crippen LogP contribution is 2.21. The number of nitrogens with one attached hydrogen (secondary N) is 1. The minimum atomic E-state index is -0.648. The van der Waals surface area contributed by atoms with Crippen LogP contribution >= 0.6 is 11.6 Å². The summed E-state index contributed by atoms with van der Waals surface area (Å²) in [4.78, 5) is 29.8. The third kappa shape index (κ3) is 5.67. The summed E-state index contributed by atoms with van der Waals surface area (Å²) in [6.45, 7) is 0.261. The van der Waals surface area contributed by atoms with Gasteiger partial charge in [0, 0.05) is 25.1 Å². The zero-order chi connectivity index (χ0) is 21.5. The van der Waals surface area contributed by atoms with Gasteiger partial charge in [0.15, 0.2) is 0 Å². The minimum absolute atomic E-state index is 0.0301. The summed E-state index contributed by atoms with van der Waals surface area (Å²) in [7, 11) is 1.61. The molecule has 6 nitrogen and oxygen atoms in total. The lowest BCUT2D eigenvalue weighted by Crippen LogP contribution is -2.31. The molecule has 156 valence electrons. The van der Waals surface area contributed by atoms with Crippen molar-refractivity contribution in [3.8, 4) is 0 Å². The molecule has 0 saturated carbocycles. The van der Waals surface area contributed by atoms with Crippen LogP contribution in [0.4, 0.5) is 15.0 Å². The maximum absolute atomic E-state index is 13.5. The first-order chi connectivity index (χ1) is 14.4. The number of halogens is 2. The molecule has 1 heterocycles. The van der Waals surface area contributed by atoms with Crippen LogP contribution in [0.5, 0.6) is 0 Å². The number of carbonyl (C=O) groups excluding carboxylic acids is 2. The molecule has 1 N–H and O–H groups in total. The number of anilines is 1. The average molecular weight is 430 g/mol. The molecule has 2 amide bonds. The van der Waals surface area contributed by atoms with Crippen LogP contribution in [0.25, 0.3) is 10.8 Å². The molecule has 0 aliphatic carbocycles. The first kappa shape index (κ1) is 21.5. The van der Waals surface area contributed by atoms with Gasteiger partial charge in [0.1, 0.15) is 18.2 Å². The number of nitrogens with zero attached hydrogens (tertiary/aromatic N) is 2. The van der Waals surface area contributed by atoms with Crippen LogP contribution in [-0.2, 0) is 16.0 Å². The van der Waals surface area contributed by atoms with Gasteiger partial charge >= 0.3 is 6.09 Å². The zero-order valence-corrected chi connectivity index (χ0v) is 17.2. The molecular weight excluding hydrogens is 409 g/mol. The highest BCUT2D eigenvalue weighted by atomic mass is 35.5. The van der Waals surface area contributed by atoms with Crippen LogP contribution in [0, 0.1) is 5.82 Å². The van der Waals surface area contributed by atoms with Gasteiger partial charge in [-0.2, -0.15) is 0 Å². The van der Waals surface area contributed by atoms with Crippen molar-refractivity contribution in [3.63, 3.8) is 0 Å². The van der Waals surface area contributed by atoms with Gasteiger partial charge in [-0.25, -0.2) is 14.2 Å². The molecule has 0 unspecified atom stereocenters. The lowest BCUT2D eigenvalue weighted by molar-refractivity contribution is -0.130. The summed E-state index contributed by atoms with van der Waals surface area (Å²) in [5, 5.41) is 4.53. The summed E-state index contributed by atoms with van der Waals surface area (Å²) >= 11 is 5.90. The van der Waals surface area contributed by atoms with Crippen molar-refractivity contribution in [1.29, 1.82) is 0 Å². The van der Waals surface area contributed by atoms with Gasteiger partial charge in [0.25, 0.3) is 0 Å². The molecule has 0 atom stereocenters. The number of ether oxygens (including phenoxy) is 1. The third-order valence-corrected chi connectivity index (χ3v) is 5.01. The quantitative estimate of drug-likeness (QED) is 0.592. The van der Waals surface area contributed by atoms with Gasteiger partial charge in [-0.05, 0) is 29.5 Å². The molecule has 0 spiro atoms. The first-order valence-electron chi connectivity index (χ1n) is 9.39. The van der Waals surface area contributed by atoms with E-state index in [9.17, 15) is 14.0 Å². The van der Waals surface area contributed by atoms with Crippen LogP contribution in [0.15, 0.2) is 54.7 Å². The Morgan fingerprint density at radius 3 is 2.73 bits per heavy atom. The van der Waals surface area contributed by atoms with E-state index in [-0.39, 0.29) is 30.5 Å². The van der Waals surface area contributed by atoms with E-state index >= 15 is 0 Å². The zero-order valence-electron chi connectivity index (χ0n) is 16.4. The van der Waals surface area contributed by atoms with Crippen LogP contribution in [0.3, 0.4) is 0 Å². The monoisotopic (exact) mass is 429 g/mol. The highest BCUT2D eigenvalue weighted by molar-refractivity contribution is 6.31. The first-order valence-corrected chi connectivity index (χ1v) is 9.77. The molecule has 0 fully saturated rings. The maximum atomic E-state index is 13.5. The summed E-state index contributed by atoms with van der Waals surface area (Å²) < 4.78 is 18.6. The second-order valence-corrected chi connectivity index (χ2v) is 7.08. The predicted molar refractivity (Wildman–Crippen MR) is 114 cm³/mol. The second kappa shape index (κ2) is 10.0. The lowest BCUT2D eigenvalue weighted by atomic mass is 10.1. The van der Waals surface area contributed by atoms with Crippen molar-refractivity contribution in [1.82, 2.24) is 9.88 Å². The largest absolute Gasteiger partial charge is 0.447 e. The Bertz CT molecular complexity index is 1060. The summed E-state index contributed by atoms with van der Waals surface area (Å²) in [6, 6.07) is 13.9. The molecule has 0 saturated heterocycles. The summed E-state index contributed by atoms with van der Waals surface area (Å²) in [5.74, 6) is -0.277. The molecule has 0 aliphatic rings. The number of hydrogen-bond acceptors (Lipinski definition) is 4. The van der Waals surface area contributed by atoms with Crippen molar-refractivity contribution in [2.45, 2.75) is 12.8 Å². The molecule has 0 bridgehead atoms. The van der Waals surface area contributed by atoms with E-state index < -0.39 is 11.9 Å². The Morgan fingerprint density at radius 2 is 1.93 bits per heavy atom. The molecule has 8 heteroatoms. The molecular formula is C22H21ClFN3O3. The van der Waals surface area contributed by atoms with Crippen LogP contribution in [-0.4, -0.2) is 42.1 Å². The van der Waals surface area contributed by atoms with E-state index in [1.807, 2.05) is 24.3 Å². The summed E-state index contributed by atoms with van der Waals surface area (Å²) in [6.07, 6.45) is 1.52. The number of pyridine rings is 1. The van der Waals surface area contributed by atoms with E-state index in [0.717, 1.165) is 10.8 Å². The molecule has 1 aromatic heterocycles.